The second-order valence-corrected chi connectivity index (χ2v) is 7.65. The summed E-state index contributed by atoms with van der Waals surface area (Å²) in [5, 5.41) is 9.11. The summed E-state index contributed by atoms with van der Waals surface area (Å²) in [5.41, 5.74) is -0.0130. The number of hydrogen-bond donors (Lipinski definition) is 1. The number of carboxylic acids is 1. The van der Waals surface area contributed by atoms with Crippen LogP contribution in [0, 0.1) is 5.92 Å². The van der Waals surface area contributed by atoms with E-state index in [0.29, 0.717) is 12.5 Å². The molecule has 0 aliphatic heterocycles. The molecule has 120 valence electrons. The molecule has 0 aromatic carbocycles. The first-order valence-electron chi connectivity index (χ1n) is 7.02. The monoisotopic (exact) mass is 316 g/mol. The van der Waals surface area contributed by atoms with Crippen LogP contribution in [-0.4, -0.2) is 41.5 Å². The lowest BCUT2D eigenvalue weighted by atomic mass is 10.1. The van der Waals surface area contributed by atoms with Crippen molar-refractivity contribution in [1.29, 1.82) is 0 Å². The van der Waals surface area contributed by atoms with E-state index in [-0.39, 0.29) is 16.6 Å². The molecule has 21 heavy (non-hydrogen) atoms. The highest BCUT2D eigenvalue weighted by atomic mass is 32.2. The van der Waals surface area contributed by atoms with Gasteiger partial charge in [0.15, 0.2) is 0 Å². The Balaban J connectivity index is 3.16. The van der Waals surface area contributed by atoms with Crippen molar-refractivity contribution in [3.8, 4) is 0 Å². The van der Waals surface area contributed by atoms with Crippen LogP contribution in [0.4, 0.5) is 0 Å². The van der Waals surface area contributed by atoms with Gasteiger partial charge in [-0.3, -0.25) is 0 Å². The maximum Gasteiger partial charge on any atom is 0.352 e. The molecule has 1 aromatic rings. The summed E-state index contributed by atoms with van der Waals surface area (Å²) < 4.78 is 27.9. The average molecular weight is 316 g/mol. The van der Waals surface area contributed by atoms with E-state index >= 15 is 0 Å². The maximum absolute atomic E-state index is 12.6. The number of aromatic carboxylic acids is 1. The molecule has 0 saturated carbocycles. The Morgan fingerprint density at radius 1 is 1.38 bits per heavy atom. The molecular formula is C14H24N2O4S. The third-order valence-electron chi connectivity index (χ3n) is 3.54. The normalized spacial score (nSPS) is 13.9. The fraction of sp³-hybridized carbons (Fsp3) is 0.643. The van der Waals surface area contributed by atoms with Crippen molar-refractivity contribution in [2.75, 3.05) is 7.05 Å². The van der Waals surface area contributed by atoms with E-state index in [1.807, 2.05) is 20.8 Å². The van der Waals surface area contributed by atoms with E-state index in [1.54, 1.807) is 6.92 Å². The van der Waals surface area contributed by atoms with Crippen LogP contribution in [0.2, 0.25) is 0 Å². The maximum atomic E-state index is 12.6. The van der Waals surface area contributed by atoms with Crippen LogP contribution >= 0.6 is 0 Å². The molecule has 0 amide bonds. The fourth-order valence-corrected chi connectivity index (χ4v) is 3.71. The summed E-state index contributed by atoms with van der Waals surface area (Å²) in [6.07, 6.45) is 2.13. The Hall–Kier alpha value is -1.34. The van der Waals surface area contributed by atoms with Gasteiger partial charge in [-0.25, -0.2) is 13.2 Å². The molecule has 1 N–H and O–H groups in total. The van der Waals surface area contributed by atoms with Crippen molar-refractivity contribution in [2.45, 2.75) is 51.6 Å². The minimum absolute atomic E-state index is 0.0130. The van der Waals surface area contributed by atoms with Gasteiger partial charge in [0.25, 0.3) is 0 Å². The molecular weight excluding hydrogens is 292 g/mol. The molecule has 1 atom stereocenters. The Bertz CT molecular complexity index is 604. The molecule has 7 heteroatoms. The summed E-state index contributed by atoms with van der Waals surface area (Å²) >= 11 is 0. The van der Waals surface area contributed by atoms with Gasteiger partial charge >= 0.3 is 5.97 Å². The number of aromatic nitrogens is 1. The van der Waals surface area contributed by atoms with Crippen LogP contribution < -0.4 is 0 Å². The predicted octanol–water partition coefficient (Wildman–Crippen LogP) is 2.26. The van der Waals surface area contributed by atoms with E-state index in [2.05, 4.69) is 0 Å². The predicted molar refractivity (Wildman–Crippen MR) is 80.9 cm³/mol. The number of nitrogens with zero attached hydrogens (tertiary/aromatic N) is 2. The first-order valence-corrected chi connectivity index (χ1v) is 8.46. The molecule has 0 spiro atoms. The van der Waals surface area contributed by atoms with Gasteiger partial charge in [-0.05, 0) is 32.3 Å². The number of hydrogen-bond acceptors (Lipinski definition) is 3. The number of aryl methyl sites for hydroxylation is 1. The third-order valence-corrected chi connectivity index (χ3v) is 5.48. The van der Waals surface area contributed by atoms with E-state index in [9.17, 15) is 13.2 Å². The SMILES string of the molecule is CCn1cc(S(=O)(=O)N(C)C(C)CC(C)C)cc1C(=O)O. The Labute approximate surface area is 126 Å². The summed E-state index contributed by atoms with van der Waals surface area (Å²) in [7, 11) is -2.15. The van der Waals surface area contributed by atoms with Crippen molar-refractivity contribution >= 4 is 16.0 Å². The number of carboxylic acid groups (broad SMARTS) is 1. The number of rotatable bonds is 7. The summed E-state index contributed by atoms with van der Waals surface area (Å²) in [5.74, 6) is -0.747. The van der Waals surface area contributed by atoms with Crippen molar-refractivity contribution < 1.29 is 18.3 Å². The van der Waals surface area contributed by atoms with Gasteiger partial charge in [0, 0.05) is 25.8 Å². The zero-order valence-corrected chi connectivity index (χ0v) is 14.0. The first-order chi connectivity index (χ1) is 9.61. The van der Waals surface area contributed by atoms with E-state index in [4.69, 9.17) is 5.11 Å². The molecule has 6 nitrogen and oxygen atoms in total. The van der Waals surface area contributed by atoms with E-state index in [0.717, 1.165) is 6.42 Å². The van der Waals surface area contributed by atoms with Crippen molar-refractivity contribution in [3.05, 3.63) is 18.0 Å². The lowest BCUT2D eigenvalue weighted by Gasteiger charge is -2.25. The quantitative estimate of drug-likeness (QED) is 0.837. The third kappa shape index (κ3) is 3.85. The second-order valence-electron chi connectivity index (χ2n) is 5.65. The van der Waals surface area contributed by atoms with Crippen LogP contribution in [-0.2, 0) is 16.6 Å². The molecule has 0 fully saturated rings. The van der Waals surface area contributed by atoms with E-state index < -0.39 is 16.0 Å². The molecule has 0 saturated heterocycles. The lowest BCUT2D eigenvalue weighted by molar-refractivity contribution is 0.0685. The van der Waals surface area contributed by atoms with Crippen LogP contribution in [0.15, 0.2) is 17.2 Å². The van der Waals surface area contributed by atoms with Crippen LogP contribution in [0.25, 0.3) is 0 Å². The highest BCUT2D eigenvalue weighted by molar-refractivity contribution is 7.89. The standard InChI is InChI=1S/C14H24N2O4S/c1-6-16-9-12(8-13(16)14(17)18)21(19,20)15(5)11(4)7-10(2)3/h8-11H,6-7H2,1-5H3,(H,17,18). The second kappa shape index (κ2) is 6.62. The highest BCUT2D eigenvalue weighted by Crippen LogP contribution is 2.22. The molecule has 0 bridgehead atoms. The Kier molecular flexibility index (Phi) is 5.58. The minimum atomic E-state index is -3.68. The molecule has 1 rings (SSSR count). The largest absolute Gasteiger partial charge is 0.477 e. The molecule has 0 aliphatic carbocycles. The molecule has 0 radical (unpaired) electrons. The van der Waals surface area contributed by atoms with Crippen LogP contribution in [0.5, 0.6) is 0 Å². The lowest BCUT2D eigenvalue weighted by Crippen LogP contribution is -2.35. The Morgan fingerprint density at radius 2 is 1.95 bits per heavy atom. The molecule has 1 unspecified atom stereocenters. The van der Waals surface area contributed by atoms with Crippen LogP contribution in [0.3, 0.4) is 0 Å². The number of carbonyl (C=O) groups is 1. The Morgan fingerprint density at radius 3 is 2.33 bits per heavy atom. The van der Waals surface area contributed by atoms with Crippen molar-refractivity contribution in [3.63, 3.8) is 0 Å². The van der Waals surface area contributed by atoms with Gasteiger partial charge in [-0.15, -0.1) is 0 Å². The summed E-state index contributed by atoms with van der Waals surface area (Å²) in [6, 6.07) is 1.08. The highest BCUT2D eigenvalue weighted by Gasteiger charge is 2.28. The van der Waals surface area contributed by atoms with Gasteiger partial charge in [0.05, 0.1) is 0 Å². The fourth-order valence-electron chi connectivity index (χ4n) is 2.30. The molecule has 1 heterocycles. The van der Waals surface area contributed by atoms with E-state index in [1.165, 1.54) is 28.2 Å². The minimum Gasteiger partial charge on any atom is -0.477 e. The summed E-state index contributed by atoms with van der Waals surface area (Å²) in [4.78, 5) is 11.2. The zero-order chi connectivity index (χ0) is 16.4. The van der Waals surface area contributed by atoms with Crippen molar-refractivity contribution in [1.82, 2.24) is 8.87 Å². The smallest absolute Gasteiger partial charge is 0.352 e. The number of sulfonamides is 1. The molecule has 0 aliphatic rings. The van der Waals surface area contributed by atoms with Gasteiger partial charge in [0.2, 0.25) is 10.0 Å². The van der Waals surface area contributed by atoms with Gasteiger partial charge < -0.3 is 9.67 Å². The van der Waals surface area contributed by atoms with Gasteiger partial charge in [-0.2, -0.15) is 4.31 Å². The van der Waals surface area contributed by atoms with Gasteiger partial charge in [0.1, 0.15) is 10.6 Å². The van der Waals surface area contributed by atoms with Gasteiger partial charge in [-0.1, -0.05) is 13.8 Å². The molecule has 1 aromatic heterocycles. The van der Waals surface area contributed by atoms with Crippen molar-refractivity contribution in [2.24, 2.45) is 5.92 Å². The topological polar surface area (TPSA) is 79.6 Å². The zero-order valence-electron chi connectivity index (χ0n) is 13.2. The first kappa shape index (κ1) is 17.7. The average Bonchev–Trinajstić information content (AvgIpc) is 2.81. The van der Waals surface area contributed by atoms with Crippen LogP contribution in [0.1, 0.15) is 44.6 Å². The summed E-state index contributed by atoms with van der Waals surface area (Å²) in [6.45, 7) is 8.10.